The van der Waals surface area contributed by atoms with Gasteiger partial charge in [0.15, 0.2) is 5.65 Å². The third-order valence-electron chi connectivity index (χ3n) is 3.28. The molecule has 0 unspecified atom stereocenters. The van der Waals surface area contributed by atoms with Crippen molar-refractivity contribution in [2.75, 3.05) is 0 Å². The summed E-state index contributed by atoms with van der Waals surface area (Å²) in [4.78, 5) is 4.29. The van der Waals surface area contributed by atoms with Gasteiger partial charge in [0.25, 0.3) is 10.0 Å². The molecule has 0 atom stereocenters. The van der Waals surface area contributed by atoms with Crippen LogP contribution in [0, 0.1) is 6.92 Å². The van der Waals surface area contributed by atoms with Crippen molar-refractivity contribution in [2.24, 2.45) is 0 Å². The molecular formula is C14H12BN2O3S. The van der Waals surface area contributed by atoms with Gasteiger partial charge >= 0.3 is 7.48 Å². The quantitative estimate of drug-likeness (QED) is 0.727. The molecule has 1 radical (unpaired) electrons. The van der Waals surface area contributed by atoms with Crippen LogP contribution in [0.5, 0.6) is 0 Å². The first kappa shape index (κ1) is 13.8. The van der Waals surface area contributed by atoms with Crippen LogP contribution in [0.2, 0.25) is 0 Å². The summed E-state index contributed by atoms with van der Waals surface area (Å²) in [6.07, 6.45) is 2.89. The highest BCUT2D eigenvalue weighted by atomic mass is 32.2. The number of nitrogens with zero attached hydrogens (tertiary/aromatic N) is 2. The Morgan fingerprint density at radius 1 is 1.19 bits per heavy atom. The molecule has 21 heavy (non-hydrogen) atoms. The highest BCUT2D eigenvalue weighted by Crippen LogP contribution is 2.19. The van der Waals surface area contributed by atoms with Crippen molar-refractivity contribution >= 4 is 34.0 Å². The summed E-state index contributed by atoms with van der Waals surface area (Å²) in [6.45, 7) is 1.89. The van der Waals surface area contributed by atoms with E-state index in [1.807, 2.05) is 6.92 Å². The predicted octanol–water partition coefficient (Wildman–Crippen LogP) is 0.819. The van der Waals surface area contributed by atoms with E-state index in [0.717, 1.165) is 17.0 Å². The summed E-state index contributed by atoms with van der Waals surface area (Å²) < 4.78 is 26.5. The van der Waals surface area contributed by atoms with E-state index in [1.165, 1.54) is 12.4 Å². The molecule has 2 aromatic heterocycles. The standard InChI is InChI=1S/C14H12BN2O3S/c1-10-4-6-11(7-5-10)21(19,20)17-9-13(15-18)12-3-2-8-16-14(12)17/h2-9,18H,1H3. The average molecular weight is 299 g/mol. The van der Waals surface area contributed by atoms with Crippen LogP contribution in [0.15, 0.2) is 53.7 Å². The second-order valence-electron chi connectivity index (χ2n) is 4.70. The smallest absolute Gasteiger partial charge is 0.329 e. The zero-order valence-corrected chi connectivity index (χ0v) is 12.1. The molecular weight excluding hydrogens is 287 g/mol. The number of rotatable bonds is 3. The zero-order chi connectivity index (χ0) is 15.0. The SMILES string of the molecule is Cc1ccc(S(=O)(=O)n2cc([B]O)c3cccnc32)cc1. The highest BCUT2D eigenvalue weighted by molar-refractivity contribution is 7.90. The second-order valence-corrected chi connectivity index (χ2v) is 6.52. The molecule has 0 saturated carbocycles. The maximum atomic E-state index is 12.7. The lowest BCUT2D eigenvalue weighted by Crippen LogP contribution is -2.15. The predicted molar refractivity (Wildman–Crippen MR) is 81.1 cm³/mol. The van der Waals surface area contributed by atoms with E-state index >= 15 is 0 Å². The molecule has 0 fully saturated rings. The lowest BCUT2D eigenvalue weighted by Gasteiger charge is -2.07. The van der Waals surface area contributed by atoms with E-state index in [0.29, 0.717) is 16.5 Å². The Balaban J connectivity index is 2.26. The maximum Gasteiger partial charge on any atom is 0.329 e. The van der Waals surface area contributed by atoms with Gasteiger partial charge in [0.2, 0.25) is 0 Å². The number of hydrogen-bond donors (Lipinski definition) is 1. The van der Waals surface area contributed by atoms with Crippen molar-refractivity contribution in [1.82, 2.24) is 8.96 Å². The zero-order valence-electron chi connectivity index (χ0n) is 11.3. The Hall–Kier alpha value is -2.12. The first-order valence-electron chi connectivity index (χ1n) is 6.30. The Bertz CT molecular complexity index is 902. The molecule has 2 heterocycles. The minimum atomic E-state index is -3.75. The van der Waals surface area contributed by atoms with Crippen LogP contribution in [0.25, 0.3) is 11.0 Å². The van der Waals surface area contributed by atoms with E-state index in [2.05, 4.69) is 4.98 Å². The van der Waals surface area contributed by atoms with Gasteiger partial charge in [-0.05, 0) is 30.6 Å². The van der Waals surface area contributed by atoms with Crippen LogP contribution in [-0.2, 0) is 10.0 Å². The minimum absolute atomic E-state index is 0.181. The summed E-state index contributed by atoms with van der Waals surface area (Å²) in [6, 6.07) is 10.0. The van der Waals surface area contributed by atoms with Crippen molar-refractivity contribution in [3.63, 3.8) is 0 Å². The van der Waals surface area contributed by atoms with E-state index in [-0.39, 0.29) is 4.90 Å². The number of pyridine rings is 1. The fourth-order valence-electron chi connectivity index (χ4n) is 2.16. The Kier molecular flexibility index (Phi) is 3.31. The molecule has 0 aliphatic heterocycles. The van der Waals surface area contributed by atoms with Crippen molar-refractivity contribution in [3.8, 4) is 0 Å². The minimum Gasteiger partial charge on any atom is -0.450 e. The normalized spacial score (nSPS) is 11.7. The molecule has 7 heteroatoms. The Morgan fingerprint density at radius 2 is 1.90 bits per heavy atom. The van der Waals surface area contributed by atoms with E-state index in [1.54, 1.807) is 36.4 Å². The summed E-state index contributed by atoms with van der Waals surface area (Å²) in [5.74, 6) is 0. The summed E-state index contributed by atoms with van der Waals surface area (Å²) >= 11 is 0. The Morgan fingerprint density at radius 3 is 2.57 bits per heavy atom. The molecule has 0 bridgehead atoms. The van der Waals surface area contributed by atoms with Gasteiger partial charge in [-0.1, -0.05) is 23.8 Å². The van der Waals surface area contributed by atoms with Gasteiger partial charge in [0.05, 0.1) is 4.90 Å². The van der Waals surface area contributed by atoms with Gasteiger partial charge in [-0.3, -0.25) is 0 Å². The number of benzene rings is 1. The largest absolute Gasteiger partial charge is 0.450 e. The molecule has 1 N–H and O–H groups in total. The molecule has 105 valence electrons. The van der Waals surface area contributed by atoms with Crippen molar-refractivity contribution in [3.05, 3.63) is 54.4 Å². The fraction of sp³-hybridized carbons (Fsp3) is 0.0714. The molecule has 0 aliphatic carbocycles. The van der Waals surface area contributed by atoms with Crippen molar-refractivity contribution in [1.29, 1.82) is 0 Å². The fourth-order valence-corrected chi connectivity index (χ4v) is 3.50. The third kappa shape index (κ3) is 2.24. The molecule has 0 spiro atoms. The van der Waals surface area contributed by atoms with Crippen LogP contribution < -0.4 is 5.46 Å². The molecule has 0 amide bonds. The summed E-state index contributed by atoms with van der Waals surface area (Å²) in [7, 11) is -2.87. The van der Waals surface area contributed by atoms with Crippen LogP contribution in [0.1, 0.15) is 5.56 Å². The second kappa shape index (κ2) is 5.02. The molecule has 3 aromatic rings. The van der Waals surface area contributed by atoms with E-state index in [4.69, 9.17) is 0 Å². The average Bonchev–Trinajstić information content (AvgIpc) is 2.87. The van der Waals surface area contributed by atoms with E-state index in [9.17, 15) is 13.4 Å². The molecule has 3 rings (SSSR count). The molecule has 0 saturated heterocycles. The Labute approximate surface area is 123 Å². The number of hydrogen-bond acceptors (Lipinski definition) is 4. The van der Waals surface area contributed by atoms with Crippen LogP contribution >= 0.6 is 0 Å². The summed E-state index contributed by atoms with van der Waals surface area (Å²) in [5.41, 5.74) is 1.68. The van der Waals surface area contributed by atoms with Gasteiger partial charge in [-0.15, -0.1) is 0 Å². The molecule has 0 aliphatic rings. The van der Waals surface area contributed by atoms with Crippen LogP contribution in [-0.4, -0.2) is 29.9 Å². The van der Waals surface area contributed by atoms with Gasteiger partial charge < -0.3 is 5.02 Å². The maximum absolute atomic E-state index is 12.7. The van der Waals surface area contributed by atoms with Crippen LogP contribution in [0.3, 0.4) is 0 Å². The van der Waals surface area contributed by atoms with Crippen molar-refractivity contribution in [2.45, 2.75) is 11.8 Å². The van der Waals surface area contributed by atoms with Gasteiger partial charge in [0, 0.05) is 17.8 Å². The lowest BCUT2D eigenvalue weighted by molar-refractivity contribution is 0.589. The number of aromatic nitrogens is 2. The molecule has 1 aromatic carbocycles. The van der Waals surface area contributed by atoms with Crippen molar-refractivity contribution < 1.29 is 13.4 Å². The molecule has 5 nitrogen and oxygen atoms in total. The first-order valence-corrected chi connectivity index (χ1v) is 7.74. The van der Waals surface area contributed by atoms with Crippen LogP contribution in [0.4, 0.5) is 0 Å². The topological polar surface area (TPSA) is 72.2 Å². The van der Waals surface area contributed by atoms with Gasteiger partial charge in [0.1, 0.15) is 0 Å². The summed E-state index contributed by atoms with van der Waals surface area (Å²) in [5, 5.41) is 9.84. The highest BCUT2D eigenvalue weighted by Gasteiger charge is 2.21. The van der Waals surface area contributed by atoms with Gasteiger partial charge in [-0.2, -0.15) is 0 Å². The van der Waals surface area contributed by atoms with E-state index < -0.39 is 10.0 Å². The lowest BCUT2D eigenvalue weighted by atomic mass is 9.89. The van der Waals surface area contributed by atoms with Gasteiger partial charge in [-0.25, -0.2) is 17.4 Å². The third-order valence-corrected chi connectivity index (χ3v) is 4.94. The number of fused-ring (bicyclic) bond motifs is 1. The first-order chi connectivity index (χ1) is 10.0. The monoisotopic (exact) mass is 299 g/mol. The number of aryl methyl sites for hydroxylation is 1.